The second-order valence-electron chi connectivity index (χ2n) is 11.4. The van der Waals surface area contributed by atoms with E-state index >= 15 is 0 Å². The Kier molecular flexibility index (Phi) is 5.51. The van der Waals surface area contributed by atoms with E-state index in [2.05, 4.69) is 30.7 Å². The Morgan fingerprint density at radius 1 is 0.944 bits per heavy atom. The summed E-state index contributed by atoms with van der Waals surface area (Å²) in [5.41, 5.74) is 3.06. The van der Waals surface area contributed by atoms with Gasteiger partial charge in [-0.05, 0) is 68.2 Å². The first kappa shape index (κ1) is 22.3. The Morgan fingerprint density at radius 3 is 2.42 bits per heavy atom. The molecule has 36 heavy (non-hydrogen) atoms. The van der Waals surface area contributed by atoms with Gasteiger partial charge in [-0.15, -0.1) is 0 Å². The van der Waals surface area contributed by atoms with Crippen LogP contribution in [0.15, 0.2) is 42.7 Å². The number of aromatic amines is 1. The van der Waals surface area contributed by atoms with Gasteiger partial charge >= 0.3 is 0 Å². The van der Waals surface area contributed by atoms with Crippen LogP contribution >= 0.6 is 0 Å². The molecule has 3 aromatic rings. The van der Waals surface area contributed by atoms with E-state index in [1.807, 2.05) is 30.5 Å². The molecule has 7 heteroatoms. The van der Waals surface area contributed by atoms with Crippen molar-refractivity contribution < 1.29 is 9.53 Å². The monoisotopic (exact) mass is 485 g/mol. The number of aromatic nitrogens is 2. The quantitative estimate of drug-likeness (QED) is 0.511. The summed E-state index contributed by atoms with van der Waals surface area (Å²) in [6, 6.07) is 11.6. The molecular formula is C29H35N5O2. The minimum atomic E-state index is 0.536. The molecule has 0 unspecified atom stereocenters. The molecule has 188 valence electrons. The molecule has 1 N–H and O–H groups in total. The number of aldehydes is 1. The third-order valence-corrected chi connectivity index (χ3v) is 9.18. The van der Waals surface area contributed by atoms with Crippen molar-refractivity contribution in [2.24, 2.45) is 5.41 Å². The van der Waals surface area contributed by atoms with Gasteiger partial charge in [0.2, 0.25) is 0 Å². The number of nitrogens with zero attached hydrogens (tertiary/aromatic N) is 4. The Hall–Kier alpha value is -2.90. The zero-order chi connectivity index (χ0) is 24.1. The van der Waals surface area contributed by atoms with E-state index in [0.29, 0.717) is 22.5 Å². The lowest BCUT2D eigenvalue weighted by atomic mass is 9.60. The number of piperidine rings is 1. The summed E-state index contributed by atoms with van der Waals surface area (Å²) in [6.07, 6.45) is 12.5. The van der Waals surface area contributed by atoms with Crippen LogP contribution in [-0.2, 0) is 0 Å². The average Bonchev–Trinajstić information content (AvgIpc) is 3.65. The number of benzene rings is 1. The number of hydrogen-bond donors (Lipinski definition) is 1. The number of anilines is 1. The van der Waals surface area contributed by atoms with E-state index in [0.717, 1.165) is 48.2 Å². The first-order valence-corrected chi connectivity index (χ1v) is 13.6. The topological polar surface area (TPSA) is 64.7 Å². The number of nitrogens with one attached hydrogen (secondary N) is 1. The second kappa shape index (κ2) is 8.89. The van der Waals surface area contributed by atoms with Crippen LogP contribution < -0.4 is 9.64 Å². The summed E-state index contributed by atoms with van der Waals surface area (Å²) < 4.78 is 6.15. The maximum atomic E-state index is 11.7. The molecule has 0 atom stereocenters. The van der Waals surface area contributed by atoms with Crippen molar-refractivity contribution in [3.63, 3.8) is 0 Å². The van der Waals surface area contributed by atoms with Crippen LogP contribution in [0.1, 0.15) is 48.9 Å². The fraction of sp³-hybridized carbons (Fsp3) is 0.517. The van der Waals surface area contributed by atoms with Crippen LogP contribution in [0.3, 0.4) is 0 Å². The SMILES string of the molecule is O=Cc1ccc(N2CCC3(CC2)CC(N2CCN(C4CC4)CC2)C3)cc1Oc1cnc2[nH]ccc2c1. The molecular weight excluding hydrogens is 450 g/mol. The highest BCUT2D eigenvalue weighted by Gasteiger charge is 2.48. The molecule has 2 saturated carbocycles. The lowest BCUT2D eigenvalue weighted by molar-refractivity contribution is -0.0356. The Bertz CT molecular complexity index is 1240. The summed E-state index contributed by atoms with van der Waals surface area (Å²) in [5.74, 6) is 1.23. The molecule has 7 nitrogen and oxygen atoms in total. The molecule has 4 fully saturated rings. The average molecular weight is 486 g/mol. The summed E-state index contributed by atoms with van der Waals surface area (Å²) in [7, 11) is 0. The van der Waals surface area contributed by atoms with Gasteiger partial charge < -0.3 is 14.6 Å². The van der Waals surface area contributed by atoms with Crippen molar-refractivity contribution in [2.45, 2.75) is 50.6 Å². The van der Waals surface area contributed by atoms with Gasteiger partial charge in [-0.3, -0.25) is 14.6 Å². The van der Waals surface area contributed by atoms with E-state index in [-0.39, 0.29) is 0 Å². The third kappa shape index (κ3) is 4.18. The second-order valence-corrected chi connectivity index (χ2v) is 11.4. The molecule has 2 aliphatic heterocycles. The number of rotatable bonds is 6. The minimum Gasteiger partial charge on any atom is -0.455 e. The van der Waals surface area contributed by atoms with Gasteiger partial charge in [-0.25, -0.2) is 4.98 Å². The summed E-state index contributed by atoms with van der Waals surface area (Å²) in [5, 5.41) is 0.987. The summed E-state index contributed by atoms with van der Waals surface area (Å²) in [6.45, 7) is 7.22. The van der Waals surface area contributed by atoms with Gasteiger partial charge in [0, 0.05) is 74.7 Å². The van der Waals surface area contributed by atoms with Crippen LogP contribution in [0.4, 0.5) is 5.69 Å². The van der Waals surface area contributed by atoms with Gasteiger partial charge in [0.05, 0.1) is 11.8 Å². The van der Waals surface area contributed by atoms with Crippen molar-refractivity contribution in [3.05, 3.63) is 48.3 Å². The maximum Gasteiger partial charge on any atom is 0.153 e. The zero-order valence-electron chi connectivity index (χ0n) is 20.9. The molecule has 0 radical (unpaired) electrons. The molecule has 1 spiro atoms. The third-order valence-electron chi connectivity index (χ3n) is 9.18. The van der Waals surface area contributed by atoms with Crippen LogP contribution in [0.25, 0.3) is 11.0 Å². The number of carbonyl (C=O) groups is 1. The van der Waals surface area contributed by atoms with Gasteiger partial charge in [-0.1, -0.05) is 0 Å². The highest BCUT2D eigenvalue weighted by Crippen LogP contribution is 2.51. The molecule has 2 saturated heterocycles. The molecule has 2 aliphatic carbocycles. The van der Waals surface area contributed by atoms with Crippen LogP contribution in [0, 0.1) is 5.41 Å². The van der Waals surface area contributed by atoms with Crippen molar-refractivity contribution >= 4 is 23.0 Å². The van der Waals surface area contributed by atoms with E-state index in [9.17, 15) is 4.79 Å². The molecule has 7 rings (SSSR count). The number of hydrogen-bond acceptors (Lipinski definition) is 6. The van der Waals surface area contributed by atoms with Gasteiger partial charge in [0.1, 0.15) is 17.1 Å². The highest BCUT2D eigenvalue weighted by atomic mass is 16.5. The van der Waals surface area contributed by atoms with E-state index in [4.69, 9.17) is 4.74 Å². The first-order valence-electron chi connectivity index (χ1n) is 13.6. The molecule has 2 aromatic heterocycles. The smallest absolute Gasteiger partial charge is 0.153 e. The predicted octanol–water partition coefficient (Wildman–Crippen LogP) is 4.70. The van der Waals surface area contributed by atoms with Crippen molar-refractivity contribution in [1.29, 1.82) is 0 Å². The maximum absolute atomic E-state index is 11.7. The van der Waals surface area contributed by atoms with Crippen molar-refractivity contribution in [2.75, 3.05) is 44.2 Å². The van der Waals surface area contributed by atoms with E-state index in [1.54, 1.807) is 6.20 Å². The fourth-order valence-corrected chi connectivity index (χ4v) is 6.76. The fourth-order valence-electron chi connectivity index (χ4n) is 6.76. The molecule has 0 amide bonds. The molecule has 4 aliphatic rings. The highest BCUT2D eigenvalue weighted by molar-refractivity contribution is 5.81. The lowest BCUT2D eigenvalue weighted by Gasteiger charge is -2.56. The number of piperazine rings is 1. The van der Waals surface area contributed by atoms with Crippen LogP contribution in [-0.4, -0.2) is 77.4 Å². The molecule has 4 heterocycles. The number of H-pyrrole nitrogens is 1. The Balaban J connectivity index is 0.974. The van der Waals surface area contributed by atoms with Crippen molar-refractivity contribution in [3.8, 4) is 11.5 Å². The van der Waals surface area contributed by atoms with E-state index in [1.165, 1.54) is 64.7 Å². The number of fused-ring (bicyclic) bond motifs is 1. The number of carbonyl (C=O) groups excluding carboxylic acids is 1. The van der Waals surface area contributed by atoms with Crippen LogP contribution in [0.2, 0.25) is 0 Å². The Morgan fingerprint density at radius 2 is 1.69 bits per heavy atom. The predicted molar refractivity (Wildman–Crippen MR) is 141 cm³/mol. The normalized spacial score (nSPS) is 23.2. The lowest BCUT2D eigenvalue weighted by Crippen LogP contribution is -2.59. The van der Waals surface area contributed by atoms with Crippen molar-refractivity contribution in [1.82, 2.24) is 19.8 Å². The zero-order valence-corrected chi connectivity index (χ0v) is 20.9. The minimum absolute atomic E-state index is 0.536. The molecule has 0 bridgehead atoms. The van der Waals surface area contributed by atoms with Gasteiger partial charge in [0.15, 0.2) is 6.29 Å². The van der Waals surface area contributed by atoms with Gasteiger partial charge in [0.25, 0.3) is 0 Å². The van der Waals surface area contributed by atoms with Gasteiger partial charge in [-0.2, -0.15) is 0 Å². The largest absolute Gasteiger partial charge is 0.455 e. The number of pyridine rings is 1. The summed E-state index contributed by atoms with van der Waals surface area (Å²) in [4.78, 5) is 27.2. The standard InChI is InChI=1S/C29H35N5O2/c35-20-22-1-2-24(16-27(22)36-26-15-21-5-8-30-28(21)31-19-26)32-9-6-29(7-10-32)17-25(18-29)34-13-11-33(12-14-34)23-3-4-23/h1-2,5,8,15-16,19-20,23,25H,3-4,6-7,9-14,17-18H2,(H,30,31). The van der Waals surface area contributed by atoms with Crippen LogP contribution in [0.5, 0.6) is 11.5 Å². The molecule has 1 aromatic carbocycles. The summed E-state index contributed by atoms with van der Waals surface area (Å²) >= 11 is 0. The first-order chi connectivity index (χ1) is 17.7. The van der Waals surface area contributed by atoms with E-state index < -0.39 is 0 Å². The Labute approximate surface area is 212 Å². The number of ether oxygens (including phenoxy) is 1.